The standard InChI is InChI=1S/C24H23N3O2.C17H16ClN3O.C17H17N3O2/c1-2-7-23(28)25-24-21-13-12-19(15-22(21)26-27-24)18-10-6-11-20(14-18)29-16-17-8-4-3-5-9-17;1-2-5-16(22)19-17-13-9-8-11(10-15(13)20-21-17)12-6-3-4-7-14(12)18;1-2-4-16(22)18-17-14-8-7-12(10-15(14)19-20-17)11-5-3-6-13(21)9-11/h3-6,8-15H,2,7,16H2,1H3,(H2,25,26,27,28);3-4,6-10H,2,5H2,1H3,(H2,19,20,21,22);3,5-10,21H,2,4H2,1H3,(H2,18,19,20,22). The lowest BCUT2D eigenvalue weighted by Crippen LogP contribution is -2.10. The number of benzene rings is 7. The molecule has 0 unspecified atom stereocenters. The van der Waals surface area contributed by atoms with Crippen LogP contribution >= 0.6 is 11.6 Å². The minimum Gasteiger partial charge on any atom is -0.508 e. The average molecular weight is 995 g/mol. The number of fused-ring (bicyclic) bond motifs is 3. The van der Waals surface area contributed by atoms with Gasteiger partial charge < -0.3 is 25.8 Å². The monoisotopic (exact) mass is 993 g/mol. The van der Waals surface area contributed by atoms with Gasteiger partial charge in [-0.2, -0.15) is 15.3 Å². The van der Waals surface area contributed by atoms with Crippen LogP contribution in [0.3, 0.4) is 0 Å². The topological polar surface area (TPSA) is 203 Å². The molecule has 370 valence electrons. The molecule has 7 N–H and O–H groups in total. The van der Waals surface area contributed by atoms with Crippen molar-refractivity contribution in [2.75, 3.05) is 16.0 Å². The predicted octanol–water partition coefficient (Wildman–Crippen LogP) is 13.8. The molecule has 0 saturated heterocycles. The van der Waals surface area contributed by atoms with Crippen molar-refractivity contribution >= 4 is 79.5 Å². The number of H-pyrrole nitrogens is 3. The number of carbonyl (C=O) groups excluding carboxylic acids is 3. The number of amides is 3. The molecule has 7 aromatic carbocycles. The van der Waals surface area contributed by atoms with Crippen LogP contribution in [0, 0.1) is 0 Å². The molecule has 0 atom stereocenters. The Labute approximate surface area is 427 Å². The lowest BCUT2D eigenvalue weighted by atomic mass is 10.0. The molecule has 10 aromatic rings. The van der Waals surface area contributed by atoms with E-state index in [1.54, 1.807) is 18.2 Å². The Morgan fingerprint density at radius 1 is 0.493 bits per heavy atom. The number of nitrogens with zero attached hydrogens (tertiary/aromatic N) is 3. The molecule has 0 aliphatic rings. The van der Waals surface area contributed by atoms with Crippen molar-refractivity contribution < 1.29 is 24.2 Å². The highest BCUT2D eigenvalue weighted by atomic mass is 35.5. The fraction of sp³-hybridized carbons (Fsp3) is 0.172. The molecule has 0 bridgehead atoms. The van der Waals surface area contributed by atoms with Gasteiger partial charge in [0.2, 0.25) is 17.7 Å². The van der Waals surface area contributed by atoms with Crippen LogP contribution < -0.4 is 20.7 Å². The van der Waals surface area contributed by atoms with Crippen LogP contribution in [0.5, 0.6) is 11.5 Å². The summed E-state index contributed by atoms with van der Waals surface area (Å²) < 4.78 is 5.94. The normalized spacial score (nSPS) is 10.8. The minimum atomic E-state index is -0.0343. The van der Waals surface area contributed by atoms with Gasteiger partial charge in [-0.05, 0) is 119 Å². The number of aromatic hydroxyl groups is 1. The molecule has 10 rings (SSSR count). The second kappa shape index (κ2) is 24.4. The van der Waals surface area contributed by atoms with Gasteiger partial charge in [-0.25, -0.2) is 0 Å². The first-order valence-electron chi connectivity index (χ1n) is 24.2. The molecular weight excluding hydrogens is 938 g/mol. The van der Waals surface area contributed by atoms with Gasteiger partial charge in [0.15, 0.2) is 17.5 Å². The van der Waals surface area contributed by atoms with Crippen molar-refractivity contribution in [3.63, 3.8) is 0 Å². The van der Waals surface area contributed by atoms with Crippen LogP contribution in [0.15, 0.2) is 158 Å². The highest BCUT2D eigenvalue weighted by Crippen LogP contribution is 2.33. The van der Waals surface area contributed by atoms with Crippen molar-refractivity contribution in [3.8, 4) is 44.9 Å². The summed E-state index contributed by atoms with van der Waals surface area (Å²) in [6, 6.07) is 50.7. The van der Waals surface area contributed by atoms with E-state index in [-0.39, 0.29) is 23.5 Å². The van der Waals surface area contributed by atoms with Crippen LogP contribution in [0.2, 0.25) is 5.02 Å². The zero-order valence-corrected chi connectivity index (χ0v) is 41.5. The number of aromatic amines is 3. The molecule has 15 heteroatoms. The number of anilines is 3. The SMILES string of the molecule is CCCC(=O)Nc1n[nH]c2cc(-c3cccc(O)c3)ccc12.CCCC(=O)Nc1n[nH]c2cc(-c3cccc(OCc4ccccc4)c3)ccc12.CCCC(=O)Nc1n[nH]c2cc(-c3ccccc3Cl)ccc12. The molecule has 0 fully saturated rings. The van der Waals surface area contributed by atoms with Gasteiger partial charge in [-0.1, -0.05) is 123 Å². The van der Waals surface area contributed by atoms with Crippen LogP contribution in [0.25, 0.3) is 66.1 Å². The van der Waals surface area contributed by atoms with Crippen LogP contribution in [-0.2, 0) is 21.0 Å². The molecule has 3 aromatic heterocycles. The maximum absolute atomic E-state index is 11.9. The van der Waals surface area contributed by atoms with E-state index in [4.69, 9.17) is 16.3 Å². The fourth-order valence-electron chi connectivity index (χ4n) is 8.02. The number of phenols is 1. The molecular formula is C58H56ClN9O5. The highest BCUT2D eigenvalue weighted by Gasteiger charge is 2.14. The number of halogens is 1. The predicted molar refractivity (Wildman–Crippen MR) is 293 cm³/mol. The Morgan fingerprint density at radius 2 is 0.932 bits per heavy atom. The second-order valence-electron chi connectivity index (χ2n) is 17.2. The van der Waals surface area contributed by atoms with E-state index < -0.39 is 0 Å². The highest BCUT2D eigenvalue weighted by molar-refractivity contribution is 6.33. The smallest absolute Gasteiger partial charge is 0.225 e. The second-order valence-corrected chi connectivity index (χ2v) is 17.6. The summed E-state index contributed by atoms with van der Waals surface area (Å²) in [6.45, 7) is 6.44. The Morgan fingerprint density at radius 3 is 1.42 bits per heavy atom. The zero-order chi connectivity index (χ0) is 51.1. The third kappa shape index (κ3) is 13.2. The Hall–Kier alpha value is -8.75. The number of phenolic OH excluding ortho intramolecular Hbond substituents is 1. The van der Waals surface area contributed by atoms with E-state index in [1.807, 2.05) is 154 Å². The van der Waals surface area contributed by atoms with Crippen molar-refractivity contribution in [1.29, 1.82) is 0 Å². The van der Waals surface area contributed by atoms with Gasteiger partial charge in [-0.15, -0.1) is 0 Å². The van der Waals surface area contributed by atoms with Crippen LogP contribution in [0.1, 0.15) is 64.9 Å². The number of nitrogens with one attached hydrogen (secondary N) is 6. The largest absolute Gasteiger partial charge is 0.508 e. The zero-order valence-electron chi connectivity index (χ0n) is 40.8. The number of rotatable bonds is 15. The quantitative estimate of drug-likeness (QED) is 0.0525. The molecule has 3 amide bonds. The summed E-state index contributed by atoms with van der Waals surface area (Å²) in [6.07, 6.45) is 3.88. The number of hydrogen-bond acceptors (Lipinski definition) is 8. The van der Waals surface area contributed by atoms with Gasteiger partial charge in [0.1, 0.15) is 18.1 Å². The van der Waals surface area contributed by atoms with E-state index in [9.17, 15) is 19.5 Å². The lowest BCUT2D eigenvalue weighted by Gasteiger charge is -2.09. The minimum absolute atomic E-state index is 0.0201. The Balaban J connectivity index is 0.000000148. The molecule has 0 aliphatic carbocycles. The summed E-state index contributed by atoms with van der Waals surface area (Å²) in [5.41, 5.74) is 9.70. The maximum Gasteiger partial charge on any atom is 0.225 e. The van der Waals surface area contributed by atoms with E-state index in [2.05, 4.69) is 52.6 Å². The van der Waals surface area contributed by atoms with E-state index in [0.29, 0.717) is 48.3 Å². The molecule has 3 heterocycles. The van der Waals surface area contributed by atoms with Gasteiger partial charge in [0.05, 0.1) is 16.6 Å². The van der Waals surface area contributed by atoms with Crippen molar-refractivity contribution in [2.24, 2.45) is 0 Å². The van der Waals surface area contributed by atoms with Gasteiger partial charge in [0.25, 0.3) is 0 Å². The number of aromatic nitrogens is 6. The van der Waals surface area contributed by atoms with Crippen LogP contribution in [-0.4, -0.2) is 53.4 Å². The van der Waals surface area contributed by atoms with E-state index in [1.165, 1.54) is 0 Å². The lowest BCUT2D eigenvalue weighted by molar-refractivity contribution is -0.117. The summed E-state index contributed by atoms with van der Waals surface area (Å²) in [5, 5.41) is 42.9. The number of hydrogen-bond donors (Lipinski definition) is 7. The first kappa shape index (κ1) is 50.6. The first-order chi connectivity index (χ1) is 35.6. The summed E-state index contributed by atoms with van der Waals surface area (Å²) in [7, 11) is 0. The van der Waals surface area contributed by atoms with Crippen molar-refractivity contribution in [1.82, 2.24) is 30.6 Å². The van der Waals surface area contributed by atoms with Gasteiger partial charge in [-0.3, -0.25) is 29.7 Å². The molecule has 0 spiro atoms. The first-order valence-corrected chi connectivity index (χ1v) is 24.6. The third-order valence-corrected chi connectivity index (χ3v) is 12.0. The average Bonchev–Trinajstić information content (AvgIpc) is 4.13. The summed E-state index contributed by atoms with van der Waals surface area (Å²) >= 11 is 6.24. The third-order valence-electron chi connectivity index (χ3n) is 11.7. The molecule has 14 nitrogen and oxygen atoms in total. The molecule has 73 heavy (non-hydrogen) atoms. The Bertz CT molecular complexity index is 3490. The van der Waals surface area contributed by atoms with Crippen LogP contribution in [0.4, 0.5) is 17.5 Å². The Kier molecular flexibility index (Phi) is 16.9. The van der Waals surface area contributed by atoms with Gasteiger partial charge >= 0.3 is 0 Å². The van der Waals surface area contributed by atoms with Crippen molar-refractivity contribution in [3.05, 3.63) is 168 Å². The molecule has 0 aliphatic heterocycles. The summed E-state index contributed by atoms with van der Waals surface area (Å²) in [5.74, 6) is 2.67. The maximum atomic E-state index is 11.9. The van der Waals surface area contributed by atoms with Crippen molar-refractivity contribution in [2.45, 2.75) is 65.9 Å². The fourth-order valence-corrected chi connectivity index (χ4v) is 8.27. The van der Waals surface area contributed by atoms with E-state index in [0.717, 1.165) is 96.7 Å². The number of carbonyl (C=O) groups is 3. The van der Waals surface area contributed by atoms with E-state index >= 15 is 0 Å². The summed E-state index contributed by atoms with van der Waals surface area (Å²) in [4.78, 5) is 35.3. The van der Waals surface area contributed by atoms with Gasteiger partial charge in [0, 0.05) is 46.0 Å². The molecule has 0 radical (unpaired) electrons. The molecule has 0 saturated carbocycles. The number of ether oxygens (including phenoxy) is 1.